The van der Waals surface area contributed by atoms with Gasteiger partial charge in [0.25, 0.3) is 5.91 Å². The van der Waals surface area contributed by atoms with Crippen LogP contribution in [0.4, 0.5) is 5.69 Å². The average molecular weight is 317 g/mol. The van der Waals surface area contributed by atoms with Gasteiger partial charge in [-0.3, -0.25) is 9.59 Å². The van der Waals surface area contributed by atoms with Crippen LogP contribution in [-0.2, 0) is 9.53 Å². The van der Waals surface area contributed by atoms with E-state index in [1.165, 1.54) is 12.8 Å². The normalized spacial score (nSPS) is 17.8. The quantitative estimate of drug-likeness (QED) is 0.824. The first kappa shape index (κ1) is 16.0. The number of hydrogen-bond donors (Lipinski definition) is 2. The highest BCUT2D eigenvalue weighted by Crippen LogP contribution is 2.27. The molecule has 2 amide bonds. The first-order valence-corrected chi connectivity index (χ1v) is 8.20. The number of amides is 2. The fraction of sp³-hybridized carbons (Fsp3) is 0.529. The van der Waals surface area contributed by atoms with E-state index in [1.54, 1.807) is 29.2 Å². The number of anilines is 1. The molecule has 0 atom stereocenters. The summed E-state index contributed by atoms with van der Waals surface area (Å²) in [5.41, 5.74) is 1.25. The van der Waals surface area contributed by atoms with Crippen molar-refractivity contribution in [3.63, 3.8) is 0 Å². The maximum Gasteiger partial charge on any atom is 0.254 e. The molecule has 2 aliphatic rings. The van der Waals surface area contributed by atoms with E-state index in [-0.39, 0.29) is 11.8 Å². The van der Waals surface area contributed by atoms with Gasteiger partial charge in [0.05, 0.1) is 19.8 Å². The zero-order valence-corrected chi connectivity index (χ0v) is 13.2. The Bertz CT molecular complexity index is 566. The highest BCUT2D eigenvalue weighted by atomic mass is 16.5. The van der Waals surface area contributed by atoms with Crippen LogP contribution in [-0.4, -0.2) is 56.1 Å². The van der Waals surface area contributed by atoms with E-state index in [1.807, 2.05) is 0 Å². The van der Waals surface area contributed by atoms with E-state index < -0.39 is 0 Å². The highest BCUT2D eigenvalue weighted by Gasteiger charge is 2.21. The van der Waals surface area contributed by atoms with Gasteiger partial charge in [-0.05, 0) is 43.5 Å². The van der Waals surface area contributed by atoms with Crippen molar-refractivity contribution in [3.8, 4) is 0 Å². The second-order valence-electron chi connectivity index (χ2n) is 6.11. The summed E-state index contributed by atoms with van der Waals surface area (Å²) < 4.78 is 5.26. The first-order chi connectivity index (χ1) is 11.2. The average Bonchev–Trinajstić information content (AvgIpc) is 3.39. The van der Waals surface area contributed by atoms with Crippen LogP contribution in [0.3, 0.4) is 0 Å². The highest BCUT2D eigenvalue weighted by molar-refractivity contribution is 5.97. The number of rotatable bonds is 6. The van der Waals surface area contributed by atoms with Crippen molar-refractivity contribution in [2.24, 2.45) is 5.92 Å². The number of ether oxygens (including phenoxy) is 1. The van der Waals surface area contributed by atoms with Crippen LogP contribution in [0.25, 0.3) is 0 Å². The molecule has 3 rings (SSSR count). The predicted molar refractivity (Wildman–Crippen MR) is 87.4 cm³/mol. The molecule has 2 N–H and O–H groups in total. The second-order valence-corrected chi connectivity index (χ2v) is 6.11. The molecule has 23 heavy (non-hydrogen) atoms. The lowest BCUT2D eigenvalue weighted by atomic mass is 10.1. The van der Waals surface area contributed by atoms with Crippen LogP contribution in [0.15, 0.2) is 24.3 Å². The Morgan fingerprint density at radius 2 is 2.00 bits per heavy atom. The number of nitrogens with one attached hydrogen (secondary N) is 2. The van der Waals surface area contributed by atoms with Gasteiger partial charge in [0.15, 0.2) is 0 Å². The zero-order valence-electron chi connectivity index (χ0n) is 13.2. The van der Waals surface area contributed by atoms with Crippen LogP contribution < -0.4 is 10.6 Å². The SMILES string of the molecule is O=C(CNCC1CC1)Nc1cccc(C(=O)N2CCOCC2)c1. The molecule has 1 aliphatic heterocycles. The van der Waals surface area contributed by atoms with Crippen molar-refractivity contribution in [1.29, 1.82) is 0 Å². The van der Waals surface area contributed by atoms with Gasteiger partial charge in [-0.1, -0.05) is 6.07 Å². The molecule has 0 unspecified atom stereocenters. The van der Waals surface area contributed by atoms with Crippen molar-refractivity contribution in [1.82, 2.24) is 10.2 Å². The predicted octanol–water partition coefficient (Wildman–Crippen LogP) is 1.10. The molecule has 6 nitrogen and oxygen atoms in total. The molecular formula is C17H23N3O3. The van der Waals surface area contributed by atoms with E-state index in [4.69, 9.17) is 4.74 Å². The molecule has 1 saturated heterocycles. The van der Waals surface area contributed by atoms with Gasteiger partial charge in [-0.2, -0.15) is 0 Å². The molecule has 1 aliphatic carbocycles. The first-order valence-electron chi connectivity index (χ1n) is 8.20. The lowest BCUT2D eigenvalue weighted by Gasteiger charge is -2.27. The summed E-state index contributed by atoms with van der Waals surface area (Å²) in [7, 11) is 0. The van der Waals surface area contributed by atoms with Gasteiger partial charge in [-0.25, -0.2) is 0 Å². The molecule has 0 spiro atoms. The third-order valence-corrected chi connectivity index (χ3v) is 4.11. The molecule has 0 aromatic heterocycles. The minimum Gasteiger partial charge on any atom is -0.378 e. The summed E-state index contributed by atoms with van der Waals surface area (Å²) in [5.74, 6) is 0.648. The summed E-state index contributed by atoms with van der Waals surface area (Å²) in [6.07, 6.45) is 2.53. The van der Waals surface area contributed by atoms with E-state index in [2.05, 4.69) is 10.6 Å². The van der Waals surface area contributed by atoms with Gasteiger partial charge in [-0.15, -0.1) is 0 Å². The van der Waals surface area contributed by atoms with Gasteiger partial charge in [0.1, 0.15) is 0 Å². The summed E-state index contributed by atoms with van der Waals surface area (Å²) in [6.45, 7) is 3.59. The number of morpholine rings is 1. The smallest absolute Gasteiger partial charge is 0.254 e. The molecule has 1 aromatic rings. The monoisotopic (exact) mass is 317 g/mol. The van der Waals surface area contributed by atoms with Crippen LogP contribution >= 0.6 is 0 Å². The van der Waals surface area contributed by atoms with Crippen molar-refractivity contribution in [3.05, 3.63) is 29.8 Å². The van der Waals surface area contributed by atoms with Crippen LogP contribution in [0, 0.1) is 5.92 Å². The van der Waals surface area contributed by atoms with Gasteiger partial charge in [0.2, 0.25) is 5.91 Å². The summed E-state index contributed by atoms with van der Waals surface area (Å²) >= 11 is 0. The Labute approximate surface area is 136 Å². The number of nitrogens with zero attached hydrogens (tertiary/aromatic N) is 1. The van der Waals surface area contributed by atoms with E-state index in [9.17, 15) is 9.59 Å². The second kappa shape index (κ2) is 7.57. The Morgan fingerprint density at radius 3 is 2.74 bits per heavy atom. The molecule has 0 bridgehead atoms. The Morgan fingerprint density at radius 1 is 1.22 bits per heavy atom. The minimum atomic E-state index is -0.0818. The van der Waals surface area contributed by atoms with Gasteiger partial charge in [0, 0.05) is 24.3 Å². The zero-order chi connectivity index (χ0) is 16.1. The largest absolute Gasteiger partial charge is 0.378 e. The molecule has 0 radical (unpaired) electrons. The van der Waals surface area contributed by atoms with Crippen molar-refractivity contribution < 1.29 is 14.3 Å². The summed E-state index contributed by atoms with van der Waals surface area (Å²) in [5, 5.41) is 5.99. The van der Waals surface area contributed by atoms with Crippen LogP contribution in [0.2, 0.25) is 0 Å². The van der Waals surface area contributed by atoms with Crippen LogP contribution in [0.5, 0.6) is 0 Å². The van der Waals surface area contributed by atoms with Gasteiger partial charge < -0.3 is 20.3 Å². The molecule has 6 heteroatoms. The third-order valence-electron chi connectivity index (χ3n) is 4.11. The standard InChI is InChI=1S/C17H23N3O3/c21-16(12-18-11-13-4-5-13)19-15-3-1-2-14(10-15)17(22)20-6-8-23-9-7-20/h1-3,10,13,18H,4-9,11-12H2,(H,19,21). The number of benzene rings is 1. The Balaban J connectivity index is 1.53. The van der Waals surface area contributed by atoms with Crippen molar-refractivity contribution >= 4 is 17.5 Å². The van der Waals surface area contributed by atoms with E-state index >= 15 is 0 Å². The number of hydrogen-bond acceptors (Lipinski definition) is 4. The number of carbonyl (C=O) groups is 2. The maximum absolute atomic E-state index is 12.4. The van der Waals surface area contributed by atoms with Gasteiger partial charge >= 0.3 is 0 Å². The lowest BCUT2D eigenvalue weighted by molar-refractivity contribution is -0.115. The lowest BCUT2D eigenvalue weighted by Crippen LogP contribution is -2.40. The molecule has 1 aromatic carbocycles. The summed E-state index contributed by atoms with van der Waals surface area (Å²) in [6, 6.07) is 7.10. The van der Waals surface area contributed by atoms with Crippen molar-refractivity contribution in [2.45, 2.75) is 12.8 Å². The van der Waals surface area contributed by atoms with Crippen molar-refractivity contribution in [2.75, 3.05) is 44.7 Å². The van der Waals surface area contributed by atoms with E-state index in [0.717, 1.165) is 12.5 Å². The maximum atomic E-state index is 12.4. The third kappa shape index (κ3) is 4.77. The fourth-order valence-electron chi connectivity index (χ4n) is 2.60. The summed E-state index contributed by atoms with van der Waals surface area (Å²) in [4.78, 5) is 26.1. The Kier molecular flexibility index (Phi) is 5.25. The molecule has 124 valence electrons. The topological polar surface area (TPSA) is 70.7 Å². The molecule has 1 heterocycles. The molecule has 2 fully saturated rings. The van der Waals surface area contributed by atoms with Crippen LogP contribution in [0.1, 0.15) is 23.2 Å². The molecular weight excluding hydrogens is 294 g/mol. The fourth-order valence-corrected chi connectivity index (χ4v) is 2.60. The number of carbonyl (C=O) groups excluding carboxylic acids is 2. The molecule has 1 saturated carbocycles. The minimum absolute atomic E-state index is 0.0174. The Hall–Kier alpha value is -1.92. The van der Waals surface area contributed by atoms with E-state index in [0.29, 0.717) is 44.1 Å².